The van der Waals surface area contributed by atoms with Crippen molar-refractivity contribution in [3.05, 3.63) is 81.2 Å². The molecule has 4 N–H and O–H groups in total. The second kappa shape index (κ2) is 8.92. The summed E-state index contributed by atoms with van der Waals surface area (Å²) in [5, 5.41) is 6.79. The fourth-order valence-corrected chi connectivity index (χ4v) is 4.27. The maximum atomic E-state index is 12.8. The molecule has 0 radical (unpaired) electrons. The minimum absolute atomic E-state index is 0.260. The molecule has 0 unspecified atom stereocenters. The smallest absolute Gasteiger partial charge is 0.256 e. The number of nitrogens with two attached hydrogens (primary N) is 1. The van der Waals surface area contributed by atoms with Crippen LogP contribution in [-0.4, -0.2) is 11.8 Å². The molecule has 0 bridgehead atoms. The molecule has 3 rings (SSSR count). The van der Waals surface area contributed by atoms with Gasteiger partial charge in [0.25, 0.3) is 11.8 Å². The molecule has 3 aromatic rings. The van der Waals surface area contributed by atoms with Gasteiger partial charge in [-0.05, 0) is 55.2 Å². The minimum Gasteiger partial charge on any atom is -0.381 e. The number of para-hydroxylation sites is 1. The number of hydrogen-bond acceptors (Lipinski definition) is 4. The molecule has 5 nitrogen and oxygen atoms in total. The molecule has 2 aromatic carbocycles. The van der Waals surface area contributed by atoms with Crippen LogP contribution in [0.5, 0.6) is 0 Å². The Morgan fingerprint density at radius 1 is 1.07 bits per heavy atom. The van der Waals surface area contributed by atoms with Crippen molar-refractivity contribution < 1.29 is 9.59 Å². The Hall–Kier alpha value is -3.12. The van der Waals surface area contributed by atoms with E-state index in [9.17, 15) is 9.59 Å². The molecule has 0 spiro atoms. The summed E-state index contributed by atoms with van der Waals surface area (Å²) in [5.41, 5.74) is 10.6. The van der Waals surface area contributed by atoms with Crippen molar-refractivity contribution >= 4 is 33.8 Å². The molecule has 6 heteroatoms. The van der Waals surface area contributed by atoms with Gasteiger partial charge in [-0.2, -0.15) is 0 Å². The van der Waals surface area contributed by atoms with Crippen molar-refractivity contribution in [2.45, 2.75) is 33.7 Å². The lowest BCUT2D eigenvalue weighted by Gasteiger charge is -2.12. The van der Waals surface area contributed by atoms with Gasteiger partial charge < -0.3 is 16.4 Å². The van der Waals surface area contributed by atoms with Crippen LogP contribution in [0.4, 0.5) is 10.7 Å². The number of nitrogens with one attached hydrogen (secondary N) is 2. The topological polar surface area (TPSA) is 84.2 Å². The molecule has 0 saturated heterocycles. The van der Waals surface area contributed by atoms with Crippen LogP contribution in [0, 0.1) is 13.8 Å². The van der Waals surface area contributed by atoms with Crippen LogP contribution in [0.3, 0.4) is 0 Å². The van der Waals surface area contributed by atoms with Gasteiger partial charge in [0.2, 0.25) is 0 Å². The maximum absolute atomic E-state index is 12.8. The summed E-state index contributed by atoms with van der Waals surface area (Å²) in [5.74, 6) is -0.792. The van der Waals surface area contributed by atoms with Crippen LogP contribution in [0.1, 0.15) is 49.2 Å². The van der Waals surface area contributed by atoms with Gasteiger partial charge in [0, 0.05) is 22.7 Å². The summed E-state index contributed by atoms with van der Waals surface area (Å²) >= 11 is 1.36. The van der Waals surface area contributed by atoms with Crippen molar-refractivity contribution in [1.29, 1.82) is 0 Å². The number of carbonyl (C=O) groups excluding carboxylic acids is 2. The SMILES string of the molecule is CCc1ccccc1NCc1cccc(C(=O)Nc2sc(C)c(C)c2C(N)=O)c1. The van der Waals surface area contributed by atoms with E-state index in [4.69, 9.17) is 5.73 Å². The lowest BCUT2D eigenvalue weighted by Crippen LogP contribution is -2.17. The predicted octanol–water partition coefficient (Wildman–Crippen LogP) is 4.89. The molecule has 0 aliphatic heterocycles. The highest BCUT2D eigenvalue weighted by Crippen LogP contribution is 2.32. The summed E-state index contributed by atoms with van der Waals surface area (Å²) < 4.78 is 0. The summed E-state index contributed by atoms with van der Waals surface area (Å²) in [6.07, 6.45) is 0.952. The van der Waals surface area contributed by atoms with E-state index in [0.717, 1.165) is 28.1 Å². The fraction of sp³-hybridized carbons (Fsp3) is 0.217. The number of aryl methyl sites for hydroxylation is 2. The van der Waals surface area contributed by atoms with E-state index >= 15 is 0 Å². The first kappa shape index (κ1) is 20.6. The molecule has 0 aliphatic rings. The maximum Gasteiger partial charge on any atom is 0.256 e. The Balaban J connectivity index is 1.75. The zero-order valence-corrected chi connectivity index (χ0v) is 17.7. The van der Waals surface area contributed by atoms with Gasteiger partial charge in [-0.1, -0.05) is 37.3 Å². The highest BCUT2D eigenvalue weighted by Gasteiger charge is 2.19. The van der Waals surface area contributed by atoms with E-state index in [1.807, 2.05) is 44.2 Å². The van der Waals surface area contributed by atoms with Crippen LogP contribution in [0.2, 0.25) is 0 Å². The summed E-state index contributed by atoms with van der Waals surface area (Å²) in [6, 6.07) is 15.7. The molecule has 1 heterocycles. The fourth-order valence-electron chi connectivity index (χ4n) is 3.21. The quantitative estimate of drug-likeness (QED) is 0.521. The molecule has 0 saturated carbocycles. The zero-order chi connectivity index (χ0) is 21.0. The van der Waals surface area contributed by atoms with Crippen molar-refractivity contribution in [3.63, 3.8) is 0 Å². The first-order chi connectivity index (χ1) is 13.9. The number of amides is 2. The van der Waals surface area contributed by atoms with Crippen molar-refractivity contribution in [2.24, 2.45) is 5.73 Å². The third kappa shape index (κ3) is 4.66. The van der Waals surface area contributed by atoms with Gasteiger partial charge in [0.15, 0.2) is 0 Å². The number of primary amides is 1. The second-order valence-electron chi connectivity index (χ2n) is 6.87. The van der Waals surface area contributed by atoms with Crippen LogP contribution < -0.4 is 16.4 Å². The normalized spacial score (nSPS) is 10.6. The zero-order valence-electron chi connectivity index (χ0n) is 16.8. The Morgan fingerprint density at radius 3 is 2.55 bits per heavy atom. The molecular formula is C23H25N3O2S. The Kier molecular flexibility index (Phi) is 6.34. The van der Waals surface area contributed by atoms with Crippen LogP contribution >= 0.6 is 11.3 Å². The van der Waals surface area contributed by atoms with Gasteiger partial charge in [-0.15, -0.1) is 11.3 Å². The number of anilines is 2. The molecule has 1 aromatic heterocycles. The number of thiophene rings is 1. The highest BCUT2D eigenvalue weighted by atomic mass is 32.1. The first-order valence-electron chi connectivity index (χ1n) is 9.52. The van der Waals surface area contributed by atoms with E-state index in [0.29, 0.717) is 22.7 Å². The lowest BCUT2D eigenvalue weighted by atomic mass is 10.1. The van der Waals surface area contributed by atoms with Crippen LogP contribution in [0.25, 0.3) is 0 Å². The molecule has 150 valence electrons. The van der Waals surface area contributed by atoms with E-state index in [2.05, 4.69) is 29.7 Å². The van der Waals surface area contributed by atoms with Gasteiger partial charge in [0.1, 0.15) is 5.00 Å². The van der Waals surface area contributed by atoms with Gasteiger partial charge in [-0.25, -0.2) is 0 Å². The van der Waals surface area contributed by atoms with Gasteiger partial charge in [-0.3, -0.25) is 9.59 Å². The Bertz CT molecular complexity index is 1060. The van der Waals surface area contributed by atoms with Crippen molar-refractivity contribution in [3.8, 4) is 0 Å². The summed E-state index contributed by atoms with van der Waals surface area (Å²) in [7, 11) is 0. The molecule has 0 fully saturated rings. The molecule has 2 amide bonds. The standard InChI is InChI=1S/C23H25N3O2S/c1-4-17-9-5-6-11-19(17)25-13-16-8-7-10-18(12-16)22(28)26-23-20(21(24)27)14(2)15(3)29-23/h5-12,25H,4,13H2,1-3H3,(H2,24,27)(H,26,28). The number of rotatable bonds is 7. The van der Waals surface area contributed by atoms with E-state index < -0.39 is 5.91 Å². The minimum atomic E-state index is -0.533. The molecule has 29 heavy (non-hydrogen) atoms. The van der Waals surface area contributed by atoms with Gasteiger partial charge >= 0.3 is 0 Å². The van der Waals surface area contributed by atoms with Gasteiger partial charge in [0.05, 0.1) is 5.56 Å². The first-order valence-corrected chi connectivity index (χ1v) is 10.3. The molecule has 0 atom stereocenters. The number of benzene rings is 2. The summed E-state index contributed by atoms with van der Waals surface area (Å²) in [4.78, 5) is 25.5. The predicted molar refractivity (Wildman–Crippen MR) is 120 cm³/mol. The lowest BCUT2D eigenvalue weighted by molar-refractivity contribution is 0.100. The Morgan fingerprint density at radius 2 is 1.83 bits per heavy atom. The highest BCUT2D eigenvalue weighted by molar-refractivity contribution is 7.16. The second-order valence-corrected chi connectivity index (χ2v) is 8.10. The van der Waals surface area contributed by atoms with E-state index in [1.54, 1.807) is 6.07 Å². The van der Waals surface area contributed by atoms with E-state index in [1.165, 1.54) is 16.9 Å². The molecular weight excluding hydrogens is 382 g/mol. The molecule has 0 aliphatic carbocycles. The van der Waals surface area contributed by atoms with Crippen molar-refractivity contribution in [2.75, 3.05) is 10.6 Å². The van der Waals surface area contributed by atoms with Crippen LogP contribution in [0.15, 0.2) is 48.5 Å². The average molecular weight is 408 g/mol. The third-order valence-corrected chi connectivity index (χ3v) is 6.05. The largest absolute Gasteiger partial charge is 0.381 e. The third-order valence-electron chi connectivity index (χ3n) is 4.93. The number of hydrogen-bond donors (Lipinski definition) is 3. The Labute approximate surface area is 175 Å². The monoisotopic (exact) mass is 407 g/mol. The summed E-state index contributed by atoms with van der Waals surface area (Å²) in [6.45, 7) is 6.48. The average Bonchev–Trinajstić information content (AvgIpc) is 3.00. The van der Waals surface area contributed by atoms with Crippen molar-refractivity contribution in [1.82, 2.24) is 0 Å². The van der Waals surface area contributed by atoms with E-state index in [-0.39, 0.29) is 5.91 Å². The van der Waals surface area contributed by atoms with Crippen LogP contribution in [-0.2, 0) is 13.0 Å². The number of carbonyl (C=O) groups is 2.